The molecule has 0 saturated heterocycles. The van der Waals surface area contributed by atoms with E-state index < -0.39 is 0 Å². The van der Waals surface area contributed by atoms with Crippen LogP contribution in [0.4, 0.5) is 0 Å². The van der Waals surface area contributed by atoms with Crippen LogP contribution in [0, 0.1) is 0 Å². The van der Waals surface area contributed by atoms with E-state index in [9.17, 15) is 20.4 Å². The summed E-state index contributed by atoms with van der Waals surface area (Å²) in [5.74, 6) is 3.37. The molecule has 8 nitrogen and oxygen atoms in total. The van der Waals surface area contributed by atoms with Crippen molar-refractivity contribution in [1.82, 2.24) is 0 Å². The van der Waals surface area contributed by atoms with Crippen molar-refractivity contribution in [2.24, 2.45) is 0 Å². The Morgan fingerprint density at radius 1 is 0.425 bits per heavy atom. The molecule has 0 fully saturated rings. The average Bonchev–Trinajstić information content (AvgIpc) is 2.96. The smallest absolute Gasteiger partial charge is 0.125 e. The topological polar surface area (TPSA) is 118 Å². The van der Waals surface area contributed by atoms with Crippen LogP contribution >= 0.6 is 0 Å². The number of rotatable bonds is 10. The fraction of sp³-hybridized carbons (Fsp3) is 0.250. The third kappa shape index (κ3) is 8.14. The highest BCUT2D eigenvalue weighted by Gasteiger charge is 2.09. The van der Waals surface area contributed by atoms with E-state index in [1.165, 1.54) is 12.1 Å². The lowest BCUT2D eigenvalue weighted by Crippen LogP contribution is -1.97. The van der Waals surface area contributed by atoms with Gasteiger partial charge in [-0.3, -0.25) is 0 Å². The summed E-state index contributed by atoms with van der Waals surface area (Å²) < 4.78 is 21.0. The lowest BCUT2D eigenvalue weighted by Gasteiger charge is -2.11. The predicted octanol–water partition coefficient (Wildman–Crippen LogP) is 5.80. The minimum Gasteiger partial charge on any atom is -0.508 e. The van der Waals surface area contributed by atoms with E-state index in [2.05, 4.69) is 0 Å². The molecule has 0 spiro atoms. The van der Waals surface area contributed by atoms with Crippen LogP contribution in [0.1, 0.15) is 22.3 Å². The van der Waals surface area contributed by atoms with E-state index >= 15 is 0 Å². The summed E-state index contributed by atoms with van der Waals surface area (Å²) in [6, 6.07) is 20.6. The standard InChI is InChI=1S/2C16H18O4/c2*1-19-14-8-6-12(16(10-14)20-2)4-3-11-5-7-13(17)9-15(11)18/h2*5-10,17-18H,3-4H2,1-2H3. The van der Waals surface area contributed by atoms with Crippen molar-refractivity contribution >= 4 is 0 Å². The highest BCUT2D eigenvalue weighted by molar-refractivity contribution is 5.44. The Kier molecular flexibility index (Phi) is 10.8. The van der Waals surface area contributed by atoms with Gasteiger partial charge in [0.2, 0.25) is 0 Å². The molecule has 0 aliphatic heterocycles. The lowest BCUT2D eigenvalue weighted by atomic mass is 10.0. The van der Waals surface area contributed by atoms with E-state index in [0.717, 1.165) is 58.1 Å². The summed E-state index contributed by atoms with van der Waals surface area (Å²) in [5, 5.41) is 38.1. The Morgan fingerprint density at radius 3 is 1.10 bits per heavy atom. The number of phenolic OH excluding ortho intramolecular Hbond substituents is 4. The minimum absolute atomic E-state index is 0.0632. The average molecular weight is 549 g/mol. The number of hydrogen-bond donors (Lipinski definition) is 4. The van der Waals surface area contributed by atoms with Gasteiger partial charge in [-0.05, 0) is 72.2 Å². The number of benzene rings is 4. The first-order valence-electron chi connectivity index (χ1n) is 12.7. The third-order valence-corrected chi connectivity index (χ3v) is 6.45. The van der Waals surface area contributed by atoms with Crippen LogP contribution in [0.5, 0.6) is 46.0 Å². The molecule has 8 heteroatoms. The number of hydrogen-bond acceptors (Lipinski definition) is 8. The van der Waals surface area contributed by atoms with E-state index in [0.29, 0.717) is 12.8 Å². The van der Waals surface area contributed by atoms with Crippen molar-refractivity contribution < 1.29 is 39.4 Å². The Morgan fingerprint density at radius 2 is 0.775 bits per heavy atom. The van der Waals surface area contributed by atoms with Crippen molar-refractivity contribution in [3.05, 3.63) is 95.1 Å². The lowest BCUT2D eigenvalue weighted by molar-refractivity contribution is 0.390. The van der Waals surface area contributed by atoms with Gasteiger partial charge in [-0.2, -0.15) is 0 Å². The maximum atomic E-state index is 9.77. The molecule has 40 heavy (non-hydrogen) atoms. The monoisotopic (exact) mass is 548 g/mol. The van der Waals surface area contributed by atoms with Gasteiger partial charge in [0.25, 0.3) is 0 Å². The molecule has 0 atom stereocenters. The predicted molar refractivity (Wildman–Crippen MR) is 153 cm³/mol. The number of ether oxygens (including phenoxy) is 4. The molecule has 212 valence electrons. The molecule has 0 aromatic heterocycles. The zero-order chi connectivity index (χ0) is 29.1. The van der Waals surface area contributed by atoms with Crippen molar-refractivity contribution in [3.63, 3.8) is 0 Å². The van der Waals surface area contributed by atoms with Gasteiger partial charge in [0, 0.05) is 24.3 Å². The second-order valence-corrected chi connectivity index (χ2v) is 8.98. The van der Waals surface area contributed by atoms with Crippen molar-refractivity contribution in [2.75, 3.05) is 28.4 Å². The zero-order valence-electron chi connectivity index (χ0n) is 23.2. The summed E-state index contributed by atoms with van der Waals surface area (Å²) in [6.45, 7) is 0. The Hall–Kier alpha value is -4.72. The van der Waals surface area contributed by atoms with E-state index in [4.69, 9.17) is 18.9 Å². The van der Waals surface area contributed by atoms with Crippen LogP contribution in [0.3, 0.4) is 0 Å². The second kappa shape index (κ2) is 14.4. The molecule has 0 heterocycles. The van der Waals surface area contributed by atoms with Crippen molar-refractivity contribution in [1.29, 1.82) is 0 Å². The SMILES string of the molecule is COc1ccc(CCc2ccc(O)cc2O)c(OC)c1.COc1ccc(CCc2ccc(O)cc2O)c(OC)c1. The van der Waals surface area contributed by atoms with Crippen LogP contribution in [0.25, 0.3) is 0 Å². The number of methoxy groups -OCH3 is 4. The van der Waals surface area contributed by atoms with Gasteiger partial charge >= 0.3 is 0 Å². The van der Waals surface area contributed by atoms with Gasteiger partial charge in [-0.15, -0.1) is 0 Å². The molecule has 4 aromatic rings. The van der Waals surface area contributed by atoms with Crippen molar-refractivity contribution in [2.45, 2.75) is 25.7 Å². The molecular weight excluding hydrogens is 512 g/mol. The fourth-order valence-electron chi connectivity index (χ4n) is 4.18. The third-order valence-electron chi connectivity index (χ3n) is 6.45. The quantitative estimate of drug-likeness (QED) is 0.196. The van der Waals surface area contributed by atoms with Crippen LogP contribution < -0.4 is 18.9 Å². The summed E-state index contributed by atoms with van der Waals surface area (Å²) in [7, 11) is 6.47. The first-order chi connectivity index (χ1) is 19.3. The van der Waals surface area contributed by atoms with Crippen LogP contribution in [0.2, 0.25) is 0 Å². The Labute approximate surface area is 234 Å². The number of aryl methyl sites for hydroxylation is 4. The molecule has 0 amide bonds. The summed E-state index contributed by atoms with van der Waals surface area (Å²) >= 11 is 0. The molecule has 4 N–H and O–H groups in total. The van der Waals surface area contributed by atoms with Gasteiger partial charge in [0.05, 0.1) is 28.4 Å². The zero-order valence-corrected chi connectivity index (χ0v) is 23.2. The van der Waals surface area contributed by atoms with Crippen LogP contribution in [-0.2, 0) is 25.7 Å². The minimum atomic E-state index is 0.0632. The van der Waals surface area contributed by atoms with Crippen LogP contribution in [-0.4, -0.2) is 48.9 Å². The highest BCUT2D eigenvalue weighted by Crippen LogP contribution is 2.30. The normalized spacial score (nSPS) is 10.3. The fourth-order valence-corrected chi connectivity index (χ4v) is 4.18. The molecule has 0 aliphatic carbocycles. The van der Waals surface area contributed by atoms with E-state index in [1.807, 2.05) is 36.4 Å². The maximum Gasteiger partial charge on any atom is 0.125 e. The number of aromatic hydroxyl groups is 4. The summed E-state index contributed by atoms with van der Waals surface area (Å²) in [6.07, 6.45) is 2.78. The van der Waals surface area contributed by atoms with Gasteiger partial charge in [0.15, 0.2) is 0 Å². The molecule has 0 saturated carbocycles. The first-order valence-corrected chi connectivity index (χ1v) is 12.7. The van der Waals surface area contributed by atoms with E-state index in [1.54, 1.807) is 52.7 Å². The maximum absolute atomic E-state index is 9.77. The first kappa shape index (κ1) is 29.8. The van der Waals surface area contributed by atoms with Gasteiger partial charge in [-0.1, -0.05) is 24.3 Å². The van der Waals surface area contributed by atoms with Crippen LogP contribution in [0.15, 0.2) is 72.8 Å². The molecule has 0 aliphatic rings. The summed E-state index contributed by atoms with van der Waals surface area (Å²) in [4.78, 5) is 0. The Balaban J connectivity index is 0.000000220. The molecule has 0 bridgehead atoms. The molecule has 0 unspecified atom stereocenters. The van der Waals surface area contributed by atoms with E-state index in [-0.39, 0.29) is 23.0 Å². The van der Waals surface area contributed by atoms with Crippen molar-refractivity contribution in [3.8, 4) is 46.0 Å². The summed E-state index contributed by atoms with van der Waals surface area (Å²) in [5.41, 5.74) is 3.67. The molecule has 0 radical (unpaired) electrons. The highest BCUT2D eigenvalue weighted by atomic mass is 16.5. The second-order valence-electron chi connectivity index (χ2n) is 8.98. The largest absolute Gasteiger partial charge is 0.508 e. The van der Waals surface area contributed by atoms with Gasteiger partial charge < -0.3 is 39.4 Å². The Bertz CT molecular complexity index is 1290. The number of phenols is 4. The van der Waals surface area contributed by atoms with Gasteiger partial charge in [0.1, 0.15) is 46.0 Å². The molecule has 4 aromatic carbocycles. The van der Waals surface area contributed by atoms with Gasteiger partial charge in [-0.25, -0.2) is 0 Å². The molecular formula is C32H36O8. The molecule has 4 rings (SSSR count).